The monoisotopic (exact) mass is 257 g/mol. The van der Waals surface area contributed by atoms with Crippen LogP contribution in [0.5, 0.6) is 0 Å². The molecule has 0 radical (unpaired) electrons. The van der Waals surface area contributed by atoms with Gasteiger partial charge in [0, 0.05) is 13.5 Å². The lowest BCUT2D eigenvalue weighted by Crippen LogP contribution is -2.26. The molecule has 7 heteroatoms. The predicted molar refractivity (Wildman–Crippen MR) is 63.3 cm³/mol. The van der Waals surface area contributed by atoms with Gasteiger partial charge in [-0.1, -0.05) is 23.1 Å². The minimum absolute atomic E-state index is 0.127. The van der Waals surface area contributed by atoms with Crippen LogP contribution in [0.25, 0.3) is 0 Å². The van der Waals surface area contributed by atoms with Crippen molar-refractivity contribution in [3.8, 4) is 0 Å². The number of anilines is 1. The van der Waals surface area contributed by atoms with Gasteiger partial charge in [0.1, 0.15) is 0 Å². The molecule has 1 fully saturated rings. The van der Waals surface area contributed by atoms with Gasteiger partial charge in [-0.25, -0.2) is 4.98 Å². The summed E-state index contributed by atoms with van der Waals surface area (Å²) in [5.41, 5.74) is 6.40. The summed E-state index contributed by atoms with van der Waals surface area (Å²) in [4.78, 5) is 28.3. The number of thiazole rings is 1. The maximum Gasteiger partial charge on any atom is 0.242 e. The number of thioether (sulfide) groups is 1. The zero-order chi connectivity index (χ0) is 11.9. The quantitative estimate of drug-likeness (QED) is 0.796. The first-order valence-electron chi connectivity index (χ1n) is 4.69. The summed E-state index contributed by atoms with van der Waals surface area (Å²) in [5, 5.41) is 0.168. The standard InChI is InChI=1S/C9H11N3O2S2/c1-4-8(16-9(10)11-4)15-5-3-6(13)12(2)7(5)14/h5H,3H2,1-2H3,(H2,10,11). The van der Waals surface area contributed by atoms with E-state index in [1.807, 2.05) is 6.92 Å². The molecule has 0 bridgehead atoms. The van der Waals surface area contributed by atoms with Crippen LogP contribution in [0, 0.1) is 6.92 Å². The molecule has 1 aliphatic heterocycles. The zero-order valence-corrected chi connectivity index (χ0v) is 10.5. The summed E-state index contributed by atoms with van der Waals surface area (Å²) < 4.78 is 0.916. The van der Waals surface area contributed by atoms with Crippen molar-refractivity contribution in [1.29, 1.82) is 0 Å². The van der Waals surface area contributed by atoms with Gasteiger partial charge in [0.2, 0.25) is 11.8 Å². The Morgan fingerprint density at radius 2 is 2.25 bits per heavy atom. The molecule has 0 aromatic carbocycles. The number of aromatic nitrogens is 1. The third-order valence-electron chi connectivity index (χ3n) is 2.36. The fourth-order valence-corrected chi connectivity index (χ4v) is 3.78. The second kappa shape index (κ2) is 4.06. The third-order valence-corrected chi connectivity index (χ3v) is 4.84. The number of amides is 2. The maximum atomic E-state index is 11.7. The van der Waals surface area contributed by atoms with Gasteiger partial charge < -0.3 is 5.73 Å². The van der Waals surface area contributed by atoms with Crippen LogP contribution in [-0.2, 0) is 9.59 Å². The number of carbonyl (C=O) groups excluding carboxylic acids is 2. The van der Waals surface area contributed by atoms with Gasteiger partial charge in [-0.05, 0) is 6.92 Å². The first-order chi connectivity index (χ1) is 7.49. The molecule has 2 N–H and O–H groups in total. The minimum Gasteiger partial charge on any atom is -0.375 e. The highest BCUT2D eigenvalue weighted by Crippen LogP contribution is 2.37. The van der Waals surface area contributed by atoms with Crippen molar-refractivity contribution < 1.29 is 9.59 Å². The molecule has 1 aromatic rings. The highest BCUT2D eigenvalue weighted by Gasteiger charge is 2.37. The van der Waals surface area contributed by atoms with Crippen LogP contribution in [0.2, 0.25) is 0 Å². The van der Waals surface area contributed by atoms with Crippen molar-refractivity contribution in [2.24, 2.45) is 0 Å². The number of aryl methyl sites for hydroxylation is 1. The van der Waals surface area contributed by atoms with E-state index in [9.17, 15) is 9.59 Å². The second-order valence-electron chi connectivity index (χ2n) is 3.53. The van der Waals surface area contributed by atoms with Crippen molar-refractivity contribution in [3.05, 3.63) is 5.69 Å². The van der Waals surface area contributed by atoms with E-state index in [2.05, 4.69) is 4.98 Å². The summed E-state index contributed by atoms with van der Waals surface area (Å²) in [6, 6.07) is 0. The van der Waals surface area contributed by atoms with E-state index >= 15 is 0 Å². The van der Waals surface area contributed by atoms with E-state index in [1.165, 1.54) is 35.0 Å². The Morgan fingerprint density at radius 3 is 2.69 bits per heavy atom. The molecule has 2 amide bonds. The van der Waals surface area contributed by atoms with Crippen molar-refractivity contribution in [3.63, 3.8) is 0 Å². The Labute approximate surface area is 101 Å². The lowest BCUT2D eigenvalue weighted by molar-refractivity contribution is -0.136. The summed E-state index contributed by atoms with van der Waals surface area (Å²) in [6.07, 6.45) is 0.261. The summed E-state index contributed by atoms with van der Waals surface area (Å²) in [6.45, 7) is 1.85. The SMILES string of the molecule is Cc1nc(N)sc1SC1CC(=O)N(C)C1=O. The first-order valence-corrected chi connectivity index (χ1v) is 6.38. The second-order valence-corrected chi connectivity index (χ2v) is 6.03. The lowest BCUT2D eigenvalue weighted by Gasteiger charge is -2.07. The van der Waals surface area contributed by atoms with Crippen molar-refractivity contribution >= 4 is 40.0 Å². The molecule has 1 aliphatic rings. The molecule has 16 heavy (non-hydrogen) atoms. The highest BCUT2D eigenvalue weighted by atomic mass is 32.2. The Morgan fingerprint density at radius 1 is 1.56 bits per heavy atom. The van der Waals surface area contributed by atoms with Crippen LogP contribution in [-0.4, -0.2) is 34.0 Å². The Kier molecular flexibility index (Phi) is 2.90. The zero-order valence-electron chi connectivity index (χ0n) is 8.89. The number of nitrogen functional groups attached to an aromatic ring is 1. The molecule has 1 aromatic heterocycles. The molecule has 1 atom stereocenters. The molecule has 2 heterocycles. The molecule has 2 rings (SSSR count). The normalized spacial score (nSPS) is 20.9. The van der Waals surface area contributed by atoms with Crippen LogP contribution < -0.4 is 5.73 Å². The summed E-state index contributed by atoms with van der Waals surface area (Å²) in [7, 11) is 1.51. The number of nitrogens with two attached hydrogens (primary N) is 1. The van der Waals surface area contributed by atoms with E-state index in [4.69, 9.17) is 5.73 Å². The fourth-order valence-electron chi connectivity index (χ4n) is 1.45. The number of rotatable bonds is 2. The van der Waals surface area contributed by atoms with Crippen molar-refractivity contribution in [2.75, 3.05) is 12.8 Å². The topological polar surface area (TPSA) is 76.3 Å². The van der Waals surface area contributed by atoms with Crippen LogP contribution in [0.4, 0.5) is 5.13 Å². The van der Waals surface area contributed by atoms with Gasteiger partial charge in [0.25, 0.3) is 0 Å². The Hall–Kier alpha value is -1.08. The van der Waals surface area contributed by atoms with Gasteiger partial charge in [-0.2, -0.15) is 0 Å². The van der Waals surface area contributed by atoms with Crippen molar-refractivity contribution in [1.82, 2.24) is 9.88 Å². The van der Waals surface area contributed by atoms with Gasteiger partial charge in [0.15, 0.2) is 5.13 Å². The lowest BCUT2D eigenvalue weighted by atomic mass is 10.4. The van der Waals surface area contributed by atoms with Crippen LogP contribution >= 0.6 is 23.1 Å². The molecular weight excluding hydrogens is 246 g/mol. The fraction of sp³-hybridized carbons (Fsp3) is 0.444. The molecule has 86 valence electrons. The minimum atomic E-state index is -0.323. The molecule has 0 spiro atoms. The van der Waals surface area contributed by atoms with Crippen LogP contribution in [0.15, 0.2) is 4.21 Å². The van der Waals surface area contributed by atoms with Gasteiger partial charge in [-0.15, -0.1) is 0 Å². The Bertz CT molecular complexity index is 458. The number of carbonyl (C=O) groups is 2. The number of imide groups is 1. The predicted octanol–water partition coefficient (Wildman–Crippen LogP) is 0.883. The molecule has 0 saturated carbocycles. The van der Waals surface area contributed by atoms with Gasteiger partial charge >= 0.3 is 0 Å². The average Bonchev–Trinajstić information content (AvgIpc) is 2.64. The first kappa shape index (κ1) is 11.4. The molecular formula is C9H11N3O2S2. The van der Waals surface area contributed by atoms with Crippen LogP contribution in [0.3, 0.4) is 0 Å². The van der Waals surface area contributed by atoms with E-state index in [-0.39, 0.29) is 23.5 Å². The van der Waals surface area contributed by atoms with E-state index in [0.717, 1.165) is 9.90 Å². The largest absolute Gasteiger partial charge is 0.375 e. The van der Waals surface area contributed by atoms with Crippen LogP contribution in [0.1, 0.15) is 12.1 Å². The van der Waals surface area contributed by atoms with E-state index in [1.54, 1.807) is 0 Å². The summed E-state index contributed by atoms with van der Waals surface area (Å²) in [5.74, 6) is -0.265. The average molecular weight is 257 g/mol. The number of nitrogens with zero attached hydrogens (tertiary/aromatic N) is 2. The highest BCUT2D eigenvalue weighted by molar-refractivity contribution is 8.02. The van der Waals surface area contributed by atoms with Crippen molar-refractivity contribution in [2.45, 2.75) is 22.8 Å². The summed E-state index contributed by atoms with van der Waals surface area (Å²) >= 11 is 2.73. The molecule has 1 unspecified atom stereocenters. The Balaban J connectivity index is 2.14. The molecule has 5 nitrogen and oxygen atoms in total. The van der Waals surface area contributed by atoms with Gasteiger partial charge in [0.05, 0.1) is 15.2 Å². The van der Waals surface area contributed by atoms with E-state index in [0.29, 0.717) is 5.13 Å². The smallest absolute Gasteiger partial charge is 0.242 e. The maximum absolute atomic E-state index is 11.7. The number of hydrogen-bond acceptors (Lipinski definition) is 6. The number of likely N-dealkylation sites (tertiary alicyclic amines) is 1. The third kappa shape index (κ3) is 1.92. The van der Waals surface area contributed by atoms with E-state index < -0.39 is 0 Å². The molecule has 0 aliphatic carbocycles. The number of hydrogen-bond donors (Lipinski definition) is 1. The van der Waals surface area contributed by atoms with Gasteiger partial charge in [-0.3, -0.25) is 14.5 Å². The molecule has 1 saturated heterocycles.